The second kappa shape index (κ2) is 6.71. The van der Waals surface area contributed by atoms with Crippen LogP contribution in [0.2, 0.25) is 5.02 Å². The number of halogens is 1. The van der Waals surface area contributed by atoms with Crippen LogP contribution in [0.25, 0.3) is 10.7 Å². The van der Waals surface area contributed by atoms with E-state index in [1.165, 1.54) is 12.3 Å². The highest BCUT2D eigenvalue weighted by molar-refractivity contribution is 7.91. The van der Waals surface area contributed by atoms with Gasteiger partial charge in [-0.15, -0.1) is 11.3 Å². The molecule has 3 aromatic rings. The third-order valence-electron chi connectivity index (χ3n) is 3.29. The lowest BCUT2D eigenvalue weighted by atomic mass is 10.1. The van der Waals surface area contributed by atoms with Crippen molar-refractivity contribution in [2.75, 3.05) is 5.32 Å². The van der Waals surface area contributed by atoms with E-state index < -0.39 is 10.0 Å². The number of hydrogen-bond acceptors (Lipinski definition) is 7. The zero-order chi connectivity index (χ0) is 18.2. The summed E-state index contributed by atoms with van der Waals surface area (Å²) in [5.41, 5.74) is 0.976. The van der Waals surface area contributed by atoms with Crippen LogP contribution in [0.5, 0.6) is 0 Å². The molecule has 0 unspecified atom stereocenters. The minimum Gasteiger partial charge on any atom is -0.322 e. The van der Waals surface area contributed by atoms with E-state index in [0.29, 0.717) is 33.3 Å². The average molecular weight is 399 g/mol. The second-order valence-corrected chi connectivity index (χ2v) is 8.82. The van der Waals surface area contributed by atoms with Crippen molar-refractivity contribution in [3.05, 3.63) is 35.1 Å². The highest BCUT2D eigenvalue weighted by Gasteiger charge is 2.15. The zero-order valence-corrected chi connectivity index (χ0v) is 15.7. The molecular weight excluding hydrogens is 384 g/mol. The van der Waals surface area contributed by atoms with Gasteiger partial charge in [0.1, 0.15) is 9.23 Å². The van der Waals surface area contributed by atoms with Gasteiger partial charge in [0.2, 0.25) is 10.0 Å². The Morgan fingerprint density at radius 2 is 2.12 bits per heavy atom. The zero-order valence-electron chi connectivity index (χ0n) is 13.3. The van der Waals surface area contributed by atoms with Crippen molar-refractivity contribution in [1.82, 2.24) is 20.2 Å². The van der Waals surface area contributed by atoms with Gasteiger partial charge < -0.3 is 5.32 Å². The number of anilines is 2. The van der Waals surface area contributed by atoms with Crippen LogP contribution in [0.1, 0.15) is 25.5 Å². The van der Waals surface area contributed by atoms with Crippen molar-refractivity contribution in [2.24, 2.45) is 5.14 Å². The first-order chi connectivity index (χ1) is 11.7. The largest absolute Gasteiger partial charge is 0.322 e. The Labute approximate surface area is 153 Å². The summed E-state index contributed by atoms with van der Waals surface area (Å²) in [4.78, 5) is 9.06. The van der Waals surface area contributed by atoms with Crippen LogP contribution in [0.15, 0.2) is 28.6 Å². The average Bonchev–Trinajstić information content (AvgIpc) is 3.18. The highest BCUT2D eigenvalue weighted by Crippen LogP contribution is 2.31. The molecule has 0 aliphatic rings. The summed E-state index contributed by atoms with van der Waals surface area (Å²) < 4.78 is 22.8. The summed E-state index contributed by atoms with van der Waals surface area (Å²) in [6.07, 6.45) is 1.44. The molecule has 0 aliphatic carbocycles. The van der Waals surface area contributed by atoms with E-state index in [4.69, 9.17) is 16.7 Å². The fourth-order valence-corrected chi connectivity index (χ4v) is 3.79. The van der Waals surface area contributed by atoms with E-state index in [-0.39, 0.29) is 4.21 Å². The van der Waals surface area contributed by atoms with Crippen LogP contribution in [0.4, 0.5) is 11.6 Å². The Morgan fingerprint density at radius 3 is 2.72 bits per heavy atom. The molecule has 8 nitrogen and oxygen atoms in total. The molecule has 4 N–H and O–H groups in total. The first-order valence-electron chi connectivity index (χ1n) is 7.22. The number of sulfonamides is 1. The summed E-state index contributed by atoms with van der Waals surface area (Å²) in [5, 5.41) is 15.6. The number of rotatable bonds is 5. The van der Waals surface area contributed by atoms with Crippen molar-refractivity contribution in [2.45, 2.75) is 24.0 Å². The van der Waals surface area contributed by atoms with Crippen LogP contribution in [-0.2, 0) is 10.0 Å². The van der Waals surface area contributed by atoms with Gasteiger partial charge in [-0.2, -0.15) is 5.10 Å². The maximum Gasteiger partial charge on any atom is 0.247 e. The molecule has 11 heteroatoms. The number of nitrogens with two attached hydrogens (primary N) is 1. The standard InChI is InChI=1S/C14H15ClN6O2S2/c1-7(2)9-5-11(21-20-9)18-13-8(15)6-17-14(19-13)10-3-4-12(24-10)25(16,22)23/h3-7H,1-2H3,(H2,16,22,23)(H2,17,18,19,20,21). The maximum atomic E-state index is 11.4. The monoisotopic (exact) mass is 398 g/mol. The van der Waals surface area contributed by atoms with E-state index in [0.717, 1.165) is 17.0 Å². The van der Waals surface area contributed by atoms with Crippen LogP contribution in [0, 0.1) is 0 Å². The minimum absolute atomic E-state index is 0.0458. The maximum absolute atomic E-state index is 11.4. The molecule has 3 rings (SSSR count). The van der Waals surface area contributed by atoms with Crippen LogP contribution in [-0.4, -0.2) is 28.6 Å². The number of aromatic amines is 1. The van der Waals surface area contributed by atoms with Crippen LogP contribution in [0.3, 0.4) is 0 Å². The molecule has 0 aliphatic heterocycles. The molecule has 0 atom stereocenters. The molecule has 0 saturated heterocycles. The van der Waals surface area contributed by atoms with Gasteiger partial charge in [0.25, 0.3) is 0 Å². The molecule has 0 radical (unpaired) electrons. The quantitative estimate of drug-likeness (QED) is 0.606. The Hall–Kier alpha value is -2.01. The summed E-state index contributed by atoms with van der Waals surface area (Å²) in [6.45, 7) is 4.10. The van der Waals surface area contributed by atoms with Crippen LogP contribution >= 0.6 is 22.9 Å². The summed E-state index contributed by atoms with van der Waals surface area (Å²) in [7, 11) is -3.76. The Morgan fingerprint density at radius 1 is 1.36 bits per heavy atom. The molecule has 25 heavy (non-hydrogen) atoms. The van der Waals surface area contributed by atoms with Gasteiger partial charge in [-0.1, -0.05) is 25.4 Å². The molecule has 0 saturated carbocycles. The molecule has 0 aromatic carbocycles. The fourth-order valence-electron chi connectivity index (χ4n) is 1.98. The molecular formula is C14H15ClN6O2S2. The van der Waals surface area contributed by atoms with Gasteiger partial charge in [0.05, 0.1) is 11.1 Å². The lowest BCUT2D eigenvalue weighted by Crippen LogP contribution is -2.09. The number of H-pyrrole nitrogens is 1. The Bertz CT molecular complexity index is 1010. The summed E-state index contributed by atoms with van der Waals surface area (Å²) in [6, 6.07) is 4.89. The number of primary sulfonamides is 1. The minimum atomic E-state index is -3.76. The van der Waals surface area contributed by atoms with Crippen molar-refractivity contribution in [1.29, 1.82) is 0 Å². The van der Waals surface area contributed by atoms with Gasteiger partial charge in [-0.3, -0.25) is 5.10 Å². The van der Waals surface area contributed by atoms with Crippen molar-refractivity contribution >= 4 is 44.6 Å². The fraction of sp³-hybridized carbons (Fsp3) is 0.214. The van der Waals surface area contributed by atoms with Gasteiger partial charge in [0.15, 0.2) is 17.5 Å². The Kier molecular flexibility index (Phi) is 4.78. The normalized spacial score (nSPS) is 11.9. The highest BCUT2D eigenvalue weighted by atomic mass is 35.5. The number of nitrogens with zero attached hydrogens (tertiary/aromatic N) is 3. The smallest absolute Gasteiger partial charge is 0.247 e. The van der Waals surface area contributed by atoms with E-state index >= 15 is 0 Å². The SMILES string of the molecule is CC(C)c1cc(Nc2nc(-c3ccc(S(N)(=O)=O)s3)ncc2Cl)n[nH]1. The first-order valence-corrected chi connectivity index (χ1v) is 9.96. The first kappa shape index (κ1) is 17.8. The number of thiophene rings is 1. The summed E-state index contributed by atoms with van der Waals surface area (Å²) in [5.74, 6) is 1.60. The molecule has 3 aromatic heterocycles. The van der Waals surface area contributed by atoms with E-state index in [1.54, 1.807) is 6.07 Å². The molecule has 0 fully saturated rings. The van der Waals surface area contributed by atoms with E-state index in [2.05, 4.69) is 25.5 Å². The number of nitrogens with one attached hydrogen (secondary N) is 2. The molecule has 3 heterocycles. The molecule has 0 spiro atoms. The van der Waals surface area contributed by atoms with E-state index in [1.807, 2.05) is 19.9 Å². The topological polar surface area (TPSA) is 127 Å². The van der Waals surface area contributed by atoms with Gasteiger partial charge in [0, 0.05) is 11.8 Å². The molecule has 132 valence electrons. The van der Waals surface area contributed by atoms with E-state index in [9.17, 15) is 8.42 Å². The third kappa shape index (κ3) is 3.98. The van der Waals surface area contributed by atoms with Crippen molar-refractivity contribution in [3.8, 4) is 10.7 Å². The van der Waals surface area contributed by atoms with Gasteiger partial charge in [-0.05, 0) is 18.1 Å². The number of hydrogen-bond donors (Lipinski definition) is 3. The number of aromatic nitrogens is 4. The lowest BCUT2D eigenvalue weighted by molar-refractivity contribution is 0.600. The predicted molar refractivity (Wildman–Crippen MR) is 97.7 cm³/mol. The molecule has 0 bridgehead atoms. The molecule has 0 amide bonds. The third-order valence-corrected chi connectivity index (χ3v) is 6.09. The Balaban J connectivity index is 1.91. The van der Waals surface area contributed by atoms with Crippen LogP contribution < -0.4 is 10.5 Å². The predicted octanol–water partition coefficient (Wildman–Crippen LogP) is 3.10. The second-order valence-electron chi connectivity index (χ2n) is 5.54. The lowest BCUT2D eigenvalue weighted by Gasteiger charge is -2.05. The van der Waals surface area contributed by atoms with Gasteiger partial charge in [-0.25, -0.2) is 23.5 Å². The van der Waals surface area contributed by atoms with Crippen molar-refractivity contribution < 1.29 is 8.42 Å². The van der Waals surface area contributed by atoms with Crippen molar-refractivity contribution in [3.63, 3.8) is 0 Å². The summed E-state index contributed by atoms with van der Waals surface area (Å²) >= 11 is 7.13. The van der Waals surface area contributed by atoms with Gasteiger partial charge >= 0.3 is 0 Å².